The molecule has 0 unspecified atom stereocenters. The Morgan fingerprint density at radius 3 is 2.27 bits per heavy atom. The van der Waals surface area contributed by atoms with E-state index >= 15 is 0 Å². The number of amidine groups is 2. The highest BCUT2D eigenvalue weighted by Crippen LogP contribution is 2.35. The quantitative estimate of drug-likeness (QED) is 0.109. The van der Waals surface area contributed by atoms with E-state index in [0.29, 0.717) is 16.0 Å². The van der Waals surface area contributed by atoms with E-state index < -0.39 is 34.8 Å². The summed E-state index contributed by atoms with van der Waals surface area (Å²) in [5.74, 6) is -2.55. The van der Waals surface area contributed by atoms with Crippen molar-refractivity contribution < 1.29 is 28.7 Å². The van der Waals surface area contributed by atoms with Gasteiger partial charge >= 0.3 is 11.9 Å². The first-order valence-electron chi connectivity index (χ1n) is 12.8. The third-order valence-corrected chi connectivity index (χ3v) is 7.12. The van der Waals surface area contributed by atoms with Gasteiger partial charge in [0, 0.05) is 16.9 Å². The van der Waals surface area contributed by atoms with Crippen LogP contribution in [0.25, 0.3) is 0 Å². The second-order valence-corrected chi connectivity index (χ2v) is 11.7. The monoisotopic (exact) mass is 586 g/mol. The molecule has 2 aromatic rings. The zero-order valence-corrected chi connectivity index (χ0v) is 24.5. The van der Waals surface area contributed by atoms with Crippen LogP contribution in [0.15, 0.2) is 36.4 Å². The SMILES string of the molecule is COC(=O)CC[C@@](CC(=O)OC(C)(C)C)(Cc1cccc(C(=N)N)c1)C(=O)NCC(=O)NCc1ccc(C(=N)N)s1. The number of hydrogen-bond donors (Lipinski definition) is 6. The van der Waals surface area contributed by atoms with Gasteiger partial charge in [-0.25, -0.2) is 0 Å². The van der Waals surface area contributed by atoms with Gasteiger partial charge in [-0.05, 0) is 57.4 Å². The Morgan fingerprint density at radius 1 is 0.976 bits per heavy atom. The molecule has 0 bridgehead atoms. The summed E-state index contributed by atoms with van der Waals surface area (Å²) in [7, 11) is 1.23. The number of esters is 2. The van der Waals surface area contributed by atoms with Crippen molar-refractivity contribution in [1.82, 2.24) is 10.6 Å². The maximum atomic E-state index is 13.8. The molecule has 13 heteroatoms. The minimum Gasteiger partial charge on any atom is -0.469 e. The molecule has 2 amide bonds. The lowest BCUT2D eigenvalue weighted by atomic mass is 9.73. The molecule has 2 rings (SSSR count). The van der Waals surface area contributed by atoms with Crippen molar-refractivity contribution in [2.45, 2.75) is 58.6 Å². The lowest BCUT2D eigenvalue weighted by Gasteiger charge is -2.33. The van der Waals surface area contributed by atoms with Crippen molar-refractivity contribution in [3.8, 4) is 0 Å². The van der Waals surface area contributed by atoms with E-state index in [2.05, 4.69) is 10.6 Å². The normalized spacial score (nSPS) is 12.5. The molecule has 0 aliphatic rings. The molecule has 41 heavy (non-hydrogen) atoms. The molecule has 0 aliphatic carbocycles. The van der Waals surface area contributed by atoms with Crippen molar-refractivity contribution in [2.75, 3.05) is 13.7 Å². The van der Waals surface area contributed by atoms with Crippen molar-refractivity contribution >= 4 is 46.8 Å². The summed E-state index contributed by atoms with van der Waals surface area (Å²) in [6.45, 7) is 4.90. The second-order valence-electron chi connectivity index (χ2n) is 10.5. The van der Waals surface area contributed by atoms with Crippen molar-refractivity contribution in [2.24, 2.45) is 16.9 Å². The molecular formula is C28H38N6O6S. The summed E-state index contributed by atoms with van der Waals surface area (Å²) >= 11 is 1.27. The Kier molecular flexibility index (Phi) is 11.6. The number of thiophene rings is 1. The van der Waals surface area contributed by atoms with Crippen LogP contribution < -0.4 is 22.1 Å². The first-order chi connectivity index (χ1) is 19.1. The maximum Gasteiger partial charge on any atom is 0.307 e. The van der Waals surface area contributed by atoms with E-state index in [1.165, 1.54) is 18.4 Å². The Balaban J connectivity index is 2.31. The Bertz CT molecular complexity index is 1300. The predicted molar refractivity (Wildman–Crippen MR) is 155 cm³/mol. The highest BCUT2D eigenvalue weighted by atomic mass is 32.1. The minimum absolute atomic E-state index is 0.000822. The number of carbonyl (C=O) groups excluding carboxylic acids is 4. The number of ether oxygens (including phenoxy) is 2. The molecule has 1 aromatic heterocycles. The lowest BCUT2D eigenvalue weighted by molar-refractivity contribution is -0.161. The number of nitrogens with one attached hydrogen (secondary N) is 4. The van der Waals surface area contributed by atoms with Crippen LogP contribution >= 0.6 is 11.3 Å². The number of methoxy groups -OCH3 is 1. The van der Waals surface area contributed by atoms with Crippen LogP contribution in [0.5, 0.6) is 0 Å². The van der Waals surface area contributed by atoms with E-state index in [1.807, 2.05) is 0 Å². The largest absolute Gasteiger partial charge is 0.469 e. The second kappa shape index (κ2) is 14.4. The number of nitrogen functional groups attached to an aromatic ring is 2. The molecule has 12 nitrogen and oxygen atoms in total. The molecule has 0 spiro atoms. The van der Waals surface area contributed by atoms with Gasteiger partial charge in [-0.3, -0.25) is 30.0 Å². The first kappa shape index (κ1) is 32.9. The van der Waals surface area contributed by atoms with Crippen molar-refractivity contribution in [1.29, 1.82) is 10.8 Å². The molecule has 0 saturated carbocycles. The number of benzene rings is 1. The number of carbonyl (C=O) groups is 4. The van der Waals surface area contributed by atoms with Gasteiger partial charge < -0.3 is 31.6 Å². The molecule has 0 aliphatic heterocycles. The molecule has 1 heterocycles. The predicted octanol–water partition coefficient (Wildman–Crippen LogP) is 1.96. The van der Waals surface area contributed by atoms with Crippen LogP contribution in [-0.4, -0.2) is 54.7 Å². The number of rotatable bonds is 14. The number of hydrogen-bond acceptors (Lipinski definition) is 9. The van der Waals surface area contributed by atoms with Gasteiger partial charge in [-0.15, -0.1) is 11.3 Å². The highest BCUT2D eigenvalue weighted by Gasteiger charge is 2.42. The summed E-state index contributed by atoms with van der Waals surface area (Å²) in [6.07, 6.45) is -0.606. The van der Waals surface area contributed by atoms with Gasteiger partial charge in [0.25, 0.3) is 0 Å². The highest BCUT2D eigenvalue weighted by molar-refractivity contribution is 7.14. The van der Waals surface area contributed by atoms with Gasteiger partial charge in [0.15, 0.2) is 0 Å². The molecule has 0 radical (unpaired) electrons. The Hall–Kier alpha value is -4.26. The number of nitrogens with two attached hydrogens (primary N) is 2. The summed E-state index contributed by atoms with van der Waals surface area (Å²) in [5.41, 5.74) is 9.86. The third-order valence-electron chi connectivity index (χ3n) is 6.00. The summed E-state index contributed by atoms with van der Waals surface area (Å²) in [5, 5.41) is 20.6. The third kappa shape index (κ3) is 10.7. The molecule has 0 saturated heterocycles. The molecule has 222 valence electrons. The van der Waals surface area contributed by atoms with E-state index in [9.17, 15) is 19.2 Å². The fourth-order valence-electron chi connectivity index (χ4n) is 4.06. The van der Waals surface area contributed by atoms with Gasteiger partial charge in [0.05, 0.1) is 36.9 Å². The van der Waals surface area contributed by atoms with Gasteiger partial charge in [-0.2, -0.15) is 0 Å². The van der Waals surface area contributed by atoms with Gasteiger partial charge in [0.2, 0.25) is 11.8 Å². The zero-order chi connectivity index (χ0) is 30.8. The average Bonchev–Trinajstić information content (AvgIpc) is 3.37. The standard InChI is InChI=1S/C28H38N6O6S/c1-27(2,3)40-23(37)14-28(11-10-22(36)39-4,13-17-6-5-7-18(12-17)24(29)30)26(38)34-16-21(35)33-15-19-8-9-20(41-19)25(31)32/h5-9,12H,10-11,13-16H2,1-4H3,(H3,29,30)(H3,31,32)(H,33,35)(H,34,38)/t28-/m0/s1. The van der Waals surface area contributed by atoms with Crippen LogP contribution in [0.4, 0.5) is 0 Å². The van der Waals surface area contributed by atoms with Gasteiger partial charge in [-0.1, -0.05) is 18.2 Å². The maximum absolute atomic E-state index is 13.8. The van der Waals surface area contributed by atoms with Crippen LogP contribution in [0.2, 0.25) is 0 Å². The van der Waals surface area contributed by atoms with Gasteiger partial charge in [0.1, 0.15) is 17.3 Å². The van der Waals surface area contributed by atoms with Crippen LogP contribution in [0, 0.1) is 16.2 Å². The van der Waals surface area contributed by atoms with E-state index in [1.54, 1.807) is 57.2 Å². The van der Waals surface area contributed by atoms with E-state index in [-0.39, 0.29) is 50.4 Å². The zero-order valence-electron chi connectivity index (χ0n) is 23.7. The average molecular weight is 587 g/mol. The number of amides is 2. The van der Waals surface area contributed by atoms with Crippen molar-refractivity contribution in [3.05, 3.63) is 57.3 Å². The molecule has 1 atom stereocenters. The molecular weight excluding hydrogens is 548 g/mol. The van der Waals surface area contributed by atoms with Crippen LogP contribution in [-0.2, 0) is 41.6 Å². The molecule has 0 fully saturated rings. The summed E-state index contributed by atoms with van der Waals surface area (Å²) < 4.78 is 10.3. The lowest BCUT2D eigenvalue weighted by Crippen LogP contribution is -2.48. The van der Waals surface area contributed by atoms with Crippen LogP contribution in [0.3, 0.4) is 0 Å². The Labute approximate surface area is 243 Å². The smallest absolute Gasteiger partial charge is 0.307 e. The van der Waals surface area contributed by atoms with E-state index in [0.717, 1.165) is 4.88 Å². The summed E-state index contributed by atoms with van der Waals surface area (Å²) in [4.78, 5) is 52.9. The van der Waals surface area contributed by atoms with E-state index in [4.69, 9.17) is 31.8 Å². The van der Waals surface area contributed by atoms with Crippen LogP contribution in [0.1, 0.15) is 60.9 Å². The minimum atomic E-state index is -1.49. The molecule has 1 aromatic carbocycles. The van der Waals surface area contributed by atoms with Crippen molar-refractivity contribution in [3.63, 3.8) is 0 Å². The fourth-order valence-corrected chi connectivity index (χ4v) is 4.87. The summed E-state index contributed by atoms with van der Waals surface area (Å²) in [6, 6.07) is 10.1. The first-order valence-corrected chi connectivity index (χ1v) is 13.7. The Morgan fingerprint density at radius 2 is 1.68 bits per heavy atom. The topological polar surface area (TPSA) is 211 Å². The molecule has 8 N–H and O–H groups in total. The fraction of sp³-hybridized carbons (Fsp3) is 0.429.